The van der Waals surface area contributed by atoms with Gasteiger partial charge in [-0.25, -0.2) is 9.59 Å². The molecule has 4 N–H and O–H groups in total. The summed E-state index contributed by atoms with van der Waals surface area (Å²) in [4.78, 5) is 23.5. The molecule has 0 aromatic carbocycles. The predicted molar refractivity (Wildman–Crippen MR) is 108 cm³/mol. The van der Waals surface area contributed by atoms with Gasteiger partial charge in [-0.05, 0) is 83.5 Å². The molecule has 2 amide bonds. The van der Waals surface area contributed by atoms with Crippen LogP contribution in [0, 0.1) is 11.8 Å². The Hall–Kier alpha value is -1.54. The SMILES string of the molecule is CC(CO)OC(=O)NC1CCC(CC2CCC(NC(=O)OC(C)CO)CC2)CC1. The highest BCUT2D eigenvalue weighted by Crippen LogP contribution is 2.35. The molecular formula is C21H38N2O6. The number of aliphatic hydroxyl groups is 2. The zero-order valence-electron chi connectivity index (χ0n) is 17.8. The van der Waals surface area contributed by atoms with Crippen molar-refractivity contribution in [2.45, 2.75) is 95.9 Å². The van der Waals surface area contributed by atoms with E-state index in [4.69, 9.17) is 19.7 Å². The fraction of sp³-hybridized carbons (Fsp3) is 0.905. The molecule has 2 unspecified atom stereocenters. The molecule has 0 aromatic rings. The molecule has 2 aliphatic carbocycles. The second-order valence-corrected chi connectivity index (χ2v) is 8.76. The van der Waals surface area contributed by atoms with Crippen molar-refractivity contribution in [2.75, 3.05) is 13.2 Å². The number of amides is 2. The smallest absolute Gasteiger partial charge is 0.407 e. The largest absolute Gasteiger partial charge is 0.444 e. The van der Waals surface area contributed by atoms with Gasteiger partial charge in [-0.1, -0.05) is 0 Å². The Morgan fingerprint density at radius 2 is 1.10 bits per heavy atom. The molecule has 2 fully saturated rings. The lowest BCUT2D eigenvalue weighted by Crippen LogP contribution is -2.40. The van der Waals surface area contributed by atoms with Gasteiger partial charge >= 0.3 is 12.2 Å². The Kier molecular flexibility index (Phi) is 10.0. The van der Waals surface area contributed by atoms with E-state index in [9.17, 15) is 9.59 Å². The lowest BCUT2D eigenvalue weighted by molar-refractivity contribution is 0.0635. The Bertz CT molecular complexity index is 457. The van der Waals surface area contributed by atoms with Crippen molar-refractivity contribution in [3.8, 4) is 0 Å². The topological polar surface area (TPSA) is 117 Å². The number of hydrogen-bond donors (Lipinski definition) is 4. The molecule has 0 spiro atoms. The number of aliphatic hydroxyl groups excluding tert-OH is 2. The minimum absolute atomic E-state index is 0.164. The van der Waals surface area contributed by atoms with Gasteiger partial charge in [-0.3, -0.25) is 0 Å². The molecule has 0 heterocycles. The summed E-state index contributed by atoms with van der Waals surface area (Å²) >= 11 is 0. The fourth-order valence-electron chi connectivity index (χ4n) is 4.40. The van der Waals surface area contributed by atoms with Crippen LogP contribution in [0.3, 0.4) is 0 Å². The van der Waals surface area contributed by atoms with Crippen LogP contribution < -0.4 is 10.6 Å². The zero-order valence-corrected chi connectivity index (χ0v) is 17.8. The van der Waals surface area contributed by atoms with Crippen molar-refractivity contribution in [1.82, 2.24) is 10.6 Å². The van der Waals surface area contributed by atoms with Gasteiger partial charge in [0.25, 0.3) is 0 Å². The van der Waals surface area contributed by atoms with E-state index >= 15 is 0 Å². The van der Waals surface area contributed by atoms with E-state index in [2.05, 4.69) is 10.6 Å². The highest BCUT2D eigenvalue weighted by atomic mass is 16.6. The van der Waals surface area contributed by atoms with Crippen molar-refractivity contribution in [3.63, 3.8) is 0 Å². The molecule has 0 aliphatic heterocycles. The first-order valence-corrected chi connectivity index (χ1v) is 11.1. The van der Waals surface area contributed by atoms with Gasteiger partial charge in [0.15, 0.2) is 0 Å². The first-order valence-electron chi connectivity index (χ1n) is 11.1. The van der Waals surface area contributed by atoms with E-state index < -0.39 is 24.4 Å². The summed E-state index contributed by atoms with van der Waals surface area (Å²) in [5.74, 6) is 1.40. The summed E-state index contributed by atoms with van der Waals surface area (Å²) in [6, 6.07) is 0.328. The average Bonchev–Trinajstić information content (AvgIpc) is 2.70. The first kappa shape index (κ1) is 23.7. The molecule has 0 saturated heterocycles. The van der Waals surface area contributed by atoms with E-state index in [1.165, 1.54) is 6.42 Å². The second kappa shape index (κ2) is 12.2. The van der Waals surface area contributed by atoms with Crippen LogP contribution in [0.25, 0.3) is 0 Å². The van der Waals surface area contributed by atoms with Crippen LogP contribution in [-0.2, 0) is 9.47 Å². The monoisotopic (exact) mass is 414 g/mol. The van der Waals surface area contributed by atoms with Crippen LogP contribution in [0.15, 0.2) is 0 Å². The number of carbonyl (C=O) groups excluding carboxylic acids is 2. The molecule has 2 atom stereocenters. The molecule has 8 heteroatoms. The van der Waals surface area contributed by atoms with Crippen molar-refractivity contribution in [2.24, 2.45) is 11.8 Å². The van der Waals surface area contributed by atoms with E-state index in [1.807, 2.05) is 0 Å². The van der Waals surface area contributed by atoms with Crippen molar-refractivity contribution < 1.29 is 29.3 Å². The van der Waals surface area contributed by atoms with Gasteiger partial charge in [0, 0.05) is 12.1 Å². The molecular weight excluding hydrogens is 376 g/mol. The second-order valence-electron chi connectivity index (χ2n) is 8.76. The zero-order chi connectivity index (χ0) is 21.2. The molecule has 29 heavy (non-hydrogen) atoms. The Balaban J connectivity index is 1.59. The molecule has 2 aliphatic rings. The normalized spacial score (nSPS) is 29.4. The number of nitrogens with one attached hydrogen (secondary N) is 2. The highest BCUT2D eigenvalue weighted by molar-refractivity contribution is 5.68. The molecule has 0 bridgehead atoms. The Morgan fingerprint density at radius 1 is 0.759 bits per heavy atom. The number of hydrogen-bond acceptors (Lipinski definition) is 6. The number of ether oxygens (including phenoxy) is 2. The van der Waals surface area contributed by atoms with Crippen molar-refractivity contribution >= 4 is 12.2 Å². The Morgan fingerprint density at radius 3 is 1.41 bits per heavy atom. The summed E-state index contributed by atoms with van der Waals surface area (Å²) in [5.41, 5.74) is 0. The third kappa shape index (κ3) is 8.78. The van der Waals surface area contributed by atoms with E-state index in [0.29, 0.717) is 11.8 Å². The van der Waals surface area contributed by atoms with Crippen molar-refractivity contribution in [1.29, 1.82) is 0 Å². The van der Waals surface area contributed by atoms with E-state index in [1.54, 1.807) is 13.8 Å². The van der Waals surface area contributed by atoms with E-state index in [0.717, 1.165) is 51.4 Å². The van der Waals surface area contributed by atoms with Crippen molar-refractivity contribution in [3.05, 3.63) is 0 Å². The number of carbonyl (C=O) groups is 2. The summed E-state index contributed by atoms with van der Waals surface area (Å²) in [6.07, 6.45) is 7.74. The number of rotatable bonds is 8. The summed E-state index contributed by atoms with van der Waals surface area (Å²) in [5, 5.41) is 23.7. The standard InChI is InChI=1S/C21H38N2O6/c1-14(12-24)28-20(26)22-18-7-3-16(4-8-18)11-17-5-9-19(10-6-17)23-21(27)29-15(2)13-25/h14-19,24-25H,3-13H2,1-2H3,(H,22,26)(H,23,27). The molecule has 0 aromatic heterocycles. The maximum absolute atomic E-state index is 11.8. The van der Waals surface area contributed by atoms with Crippen LogP contribution in [0.4, 0.5) is 9.59 Å². The first-order chi connectivity index (χ1) is 13.9. The lowest BCUT2D eigenvalue weighted by atomic mass is 9.76. The van der Waals surface area contributed by atoms with Gasteiger partial charge in [0.1, 0.15) is 12.2 Å². The predicted octanol–water partition coefficient (Wildman–Crippen LogP) is 2.71. The minimum Gasteiger partial charge on any atom is -0.444 e. The fourth-order valence-corrected chi connectivity index (χ4v) is 4.40. The van der Waals surface area contributed by atoms with Crippen LogP contribution >= 0.6 is 0 Å². The summed E-state index contributed by atoms with van der Waals surface area (Å²) < 4.78 is 10.1. The van der Waals surface area contributed by atoms with Gasteiger partial charge in [-0.2, -0.15) is 0 Å². The van der Waals surface area contributed by atoms with Crippen LogP contribution in [0.2, 0.25) is 0 Å². The van der Waals surface area contributed by atoms with Crippen LogP contribution in [-0.4, -0.2) is 59.9 Å². The number of alkyl carbamates (subject to hydrolysis) is 2. The maximum Gasteiger partial charge on any atom is 0.407 e. The molecule has 0 radical (unpaired) electrons. The van der Waals surface area contributed by atoms with Crippen LogP contribution in [0.1, 0.15) is 71.6 Å². The summed E-state index contributed by atoms with van der Waals surface area (Å²) in [6.45, 7) is 3.00. The average molecular weight is 415 g/mol. The van der Waals surface area contributed by atoms with Gasteiger partial charge in [0.2, 0.25) is 0 Å². The van der Waals surface area contributed by atoms with E-state index in [-0.39, 0.29) is 25.3 Å². The maximum atomic E-state index is 11.8. The highest BCUT2D eigenvalue weighted by Gasteiger charge is 2.28. The molecule has 8 nitrogen and oxygen atoms in total. The van der Waals surface area contributed by atoms with Crippen LogP contribution in [0.5, 0.6) is 0 Å². The quantitative estimate of drug-likeness (QED) is 0.485. The molecule has 168 valence electrons. The minimum atomic E-state index is -0.476. The van der Waals surface area contributed by atoms with Gasteiger partial charge in [-0.15, -0.1) is 0 Å². The molecule has 2 rings (SSSR count). The lowest BCUT2D eigenvalue weighted by Gasteiger charge is -2.34. The van der Waals surface area contributed by atoms with Gasteiger partial charge < -0.3 is 30.3 Å². The summed E-state index contributed by atoms with van der Waals surface area (Å²) in [7, 11) is 0. The Labute approximate surface area is 173 Å². The third-order valence-corrected chi connectivity index (χ3v) is 6.13. The van der Waals surface area contributed by atoms with Gasteiger partial charge in [0.05, 0.1) is 13.2 Å². The third-order valence-electron chi connectivity index (χ3n) is 6.13. The molecule has 2 saturated carbocycles.